The van der Waals surface area contributed by atoms with Crippen LogP contribution in [0, 0.1) is 0 Å². The lowest BCUT2D eigenvalue weighted by atomic mass is 10.0. The van der Waals surface area contributed by atoms with Crippen molar-refractivity contribution >= 4 is 17.4 Å². The van der Waals surface area contributed by atoms with Crippen LogP contribution in [0.3, 0.4) is 0 Å². The molecule has 2 N–H and O–H groups in total. The Labute approximate surface area is 109 Å². The average molecular weight is 250 g/mol. The summed E-state index contributed by atoms with van der Waals surface area (Å²) in [7, 11) is 0. The Bertz CT molecular complexity index is 365. The standard InChI is InChI=1S/C14H22N2S/c1-11(15)9-13-5-3-4-6-14(13)16-7-8-17-10-12(16)2/h3-6,11-12H,7-10,15H2,1-2H3. The number of anilines is 1. The van der Waals surface area contributed by atoms with Crippen molar-refractivity contribution < 1.29 is 0 Å². The lowest BCUT2D eigenvalue weighted by molar-refractivity contribution is 0.684. The summed E-state index contributed by atoms with van der Waals surface area (Å²) in [6, 6.07) is 9.56. The zero-order chi connectivity index (χ0) is 12.3. The van der Waals surface area contributed by atoms with Gasteiger partial charge in [0.05, 0.1) is 0 Å². The maximum absolute atomic E-state index is 5.93. The molecule has 2 nitrogen and oxygen atoms in total. The van der Waals surface area contributed by atoms with Crippen molar-refractivity contribution in [2.24, 2.45) is 5.73 Å². The summed E-state index contributed by atoms with van der Waals surface area (Å²) in [5.41, 5.74) is 8.71. The number of hydrogen-bond acceptors (Lipinski definition) is 3. The zero-order valence-electron chi connectivity index (χ0n) is 10.7. The molecule has 0 spiro atoms. The van der Waals surface area contributed by atoms with Crippen LogP contribution in [0.25, 0.3) is 0 Å². The van der Waals surface area contributed by atoms with Crippen LogP contribution in [0.4, 0.5) is 5.69 Å². The van der Waals surface area contributed by atoms with Gasteiger partial charge in [-0.15, -0.1) is 0 Å². The van der Waals surface area contributed by atoms with E-state index in [0.29, 0.717) is 6.04 Å². The van der Waals surface area contributed by atoms with Gasteiger partial charge in [0.25, 0.3) is 0 Å². The highest BCUT2D eigenvalue weighted by molar-refractivity contribution is 7.99. The van der Waals surface area contributed by atoms with Gasteiger partial charge in [0.15, 0.2) is 0 Å². The third-order valence-electron chi connectivity index (χ3n) is 3.21. The first-order chi connectivity index (χ1) is 8.18. The van der Waals surface area contributed by atoms with Crippen molar-refractivity contribution in [2.45, 2.75) is 32.4 Å². The fourth-order valence-corrected chi connectivity index (χ4v) is 3.41. The lowest BCUT2D eigenvalue weighted by Gasteiger charge is -2.36. The molecule has 1 aliphatic rings. The van der Waals surface area contributed by atoms with E-state index in [1.165, 1.54) is 22.8 Å². The van der Waals surface area contributed by atoms with Crippen LogP contribution in [0.2, 0.25) is 0 Å². The zero-order valence-corrected chi connectivity index (χ0v) is 11.5. The van der Waals surface area contributed by atoms with Crippen LogP contribution in [0.15, 0.2) is 24.3 Å². The third-order valence-corrected chi connectivity index (χ3v) is 4.40. The molecule has 1 saturated heterocycles. The molecule has 2 rings (SSSR count). The van der Waals surface area contributed by atoms with Gasteiger partial charge in [-0.3, -0.25) is 0 Å². The summed E-state index contributed by atoms with van der Waals surface area (Å²) in [5, 5.41) is 0. The molecule has 2 unspecified atom stereocenters. The molecule has 3 heteroatoms. The third kappa shape index (κ3) is 3.17. The van der Waals surface area contributed by atoms with Gasteiger partial charge in [-0.1, -0.05) is 18.2 Å². The predicted octanol–water partition coefficient (Wildman–Crippen LogP) is 2.52. The summed E-state index contributed by atoms with van der Waals surface area (Å²) < 4.78 is 0. The maximum Gasteiger partial charge on any atom is 0.0402 e. The largest absolute Gasteiger partial charge is 0.367 e. The van der Waals surface area contributed by atoms with E-state index in [9.17, 15) is 0 Å². The van der Waals surface area contributed by atoms with Gasteiger partial charge >= 0.3 is 0 Å². The highest BCUT2D eigenvalue weighted by atomic mass is 32.2. The summed E-state index contributed by atoms with van der Waals surface area (Å²) in [6.45, 7) is 5.54. The molecule has 1 fully saturated rings. The minimum absolute atomic E-state index is 0.227. The van der Waals surface area contributed by atoms with Gasteiger partial charge in [0.2, 0.25) is 0 Å². The van der Waals surface area contributed by atoms with Crippen LogP contribution >= 0.6 is 11.8 Å². The van der Waals surface area contributed by atoms with E-state index >= 15 is 0 Å². The molecule has 1 aromatic rings. The van der Waals surface area contributed by atoms with E-state index in [1.807, 2.05) is 0 Å². The summed E-state index contributed by atoms with van der Waals surface area (Å²) in [5.74, 6) is 2.46. The molecule has 94 valence electrons. The van der Waals surface area contributed by atoms with Gasteiger partial charge in [-0.2, -0.15) is 11.8 Å². The number of nitrogens with zero attached hydrogens (tertiary/aromatic N) is 1. The van der Waals surface area contributed by atoms with E-state index in [-0.39, 0.29) is 6.04 Å². The summed E-state index contributed by atoms with van der Waals surface area (Å²) >= 11 is 2.05. The topological polar surface area (TPSA) is 29.3 Å². The second-order valence-electron chi connectivity index (χ2n) is 4.93. The van der Waals surface area contributed by atoms with Crippen molar-refractivity contribution in [2.75, 3.05) is 23.0 Å². The summed E-state index contributed by atoms with van der Waals surface area (Å²) in [6.07, 6.45) is 0.965. The monoisotopic (exact) mass is 250 g/mol. The fraction of sp³-hybridized carbons (Fsp3) is 0.571. The highest BCUT2D eigenvalue weighted by Gasteiger charge is 2.20. The summed E-state index contributed by atoms with van der Waals surface area (Å²) in [4.78, 5) is 2.54. The highest BCUT2D eigenvalue weighted by Crippen LogP contribution is 2.27. The van der Waals surface area contributed by atoms with Crippen molar-refractivity contribution in [1.29, 1.82) is 0 Å². The Kier molecular flexibility index (Phi) is 4.35. The van der Waals surface area contributed by atoms with E-state index in [0.717, 1.165) is 13.0 Å². The Morgan fingerprint density at radius 2 is 2.24 bits per heavy atom. The normalized spacial score (nSPS) is 22.5. The van der Waals surface area contributed by atoms with E-state index in [1.54, 1.807) is 0 Å². The van der Waals surface area contributed by atoms with Crippen LogP contribution in [-0.4, -0.2) is 30.1 Å². The van der Waals surface area contributed by atoms with Crippen molar-refractivity contribution in [3.05, 3.63) is 29.8 Å². The molecule has 0 radical (unpaired) electrons. The molecular formula is C14H22N2S. The first-order valence-corrected chi connectivity index (χ1v) is 7.52. The number of hydrogen-bond donors (Lipinski definition) is 1. The van der Waals surface area contributed by atoms with Gasteiger partial charge in [0, 0.05) is 35.8 Å². The molecule has 0 aromatic heterocycles. The Hall–Kier alpha value is -0.670. The first-order valence-electron chi connectivity index (χ1n) is 6.36. The van der Waals surface area contributed by atoms with E-state index in [2.05, 4.69) is 54.8 Å². The number of rotatable bonds is 3. The molecule has 1 heterocycles. The Balaban J connectivity index is 2.23. The molecule has 1 aliphatic heterocycles. The van der Waals surface area contributed by atoms with Crippen LogP contribution < -0.4 is 10.6 Å². The molecule has 0 bridgehead atoms. The van der Waals surface area contributed by atoms with Crippen molar-refractivity contribution in [3.63, 3.8) is 0 Å². The molecule has 17 heavy (non-hydrogen) atoms. The number of benzene rings is 1. The molecular weight excluding hydrogens is 228 g/mol. The lowest BCUT2D eigenvalue weighted by Crippen LogP contribution is -2.41. The fourth-order valence-electron chi connectivity index (χ4n) is 2.40. The van der Waals surface area contributed by atoms with E-state index < -0.39 is 0 Å². The van der Waals surface area contributed by atoms with Crippen LogP contribution in [0.1, 0.15) is 19.4 Å². The van der Waals surface area contributed by atoms with Gasteiger partial charge < -0.3 is 10.6 Å². The second-order valence-corrected chi connectivity index (χ2v) is 6.08. The molecule has 0 aliphatic carbocycles. The first kappa shape index (κ1) is 12.8. The van der Waals surface area contributed by atoms with Crippen molar-refractivity contribution in [1.82, 2.24) is 0 Å². The molecule has 0 saturated carbocycles. The SMILES string of the molecule is CC(N)Cc1ccccc1N1CCSCC1C. The minimum atomic E-state index is 0.227. The minimum Gasteiger partial charge on any atom is -0.367 e. The molecule has 1 aromatic carbocycles. The van der Waals surface area contributed by atoms with Crippen LogP contribution in [0.5, 0.6) is 0 Å². The Morgan fingerprint density at radius 1 is 1.47 bits per heavy atom. The smallest absolute Gasteiger partial charge is 0.0402 e. The van der Waals surface area contributed by atoms with Gasteiger partial charge in [-0.05, 0) is 31.9 Å². The maximum atomic E-state index is 5.93. The van der Waals surface area contributed by atoms with Gasteiger partial charge in [-0.25, -0.2) is 0 Å². The number of thioether (sulfide) groups is 1. The quantitative estimate of drug-likeness (QED) is 0.894. The molecule has 2 atom stereocenters. The number of para-hydroxylation sites is 1. The van der Waals surface area contributed by atoms with Crippen molar-refractivity contribution in [3.8, 4) is 0 Å². The number of nitrogens with two attached hydrogens (primary N) is 1. The second kappa shape index (κ2) is 5.78. The van der Waals surface area contributed by atoms with Gasteiger partial charge in [0.1, 0.15) is 0 Å². The average Bonchev–Trinajstić information content (AvgIpc) is 2.30. The Morgan fingerprint density at radius 3 is 2.94 bits per heavy atom. The van der Waals surface area contributed by atoms with E-state index in [4.69, 9.17) is 5.73 Å². The molecule has 0 amide bonds. The predicted molar refractivity (Wildman–Crippen MR) is 77.9 cm³/mol. The van der Waals surface area contributed by atoms with Crippen LogP contribution in [-0.2, 0) is 6.42 Å².